The van der Waals surface area contributed by atoms with Gasteiger partial charge in [0.05, 0.1) is 11.5 Å². The summed E-state index contributed by atoms with van der Waals surface area (Å²) >= 11 is 0. The molecule has 8 heteroatoms. The van der Waals surface area contributed by atoms with Crippen molar-refractivity contribution in [2.24, 2.45) is 40.4 Å². The van der Waals surface area contributed by atoms with Crippen LogP contribution in [-0.4, -0.2) is 50.5 Å². The minimum atomic E-state index is -2.72. The van der Waals surface area contributed by atoms with Crippen LogP contribution in [0.5, 0.6) is 5.75 Å². The monoisotopic (exact) mass is 602 g/mol. The molecule has 234 valence electrons. The molecule has 0 spiro atoms. The number of carbonyl (C=O) groups is 6. The van der Waals surface area contributed by atoms with Gasteiger partial charge in [-0.25, -0.2) is 0 Å². The summed E-state index contributed by atoms with van der Waals surface area (Å²) in [5.41, 5.74) is -2.75. The molecular weight excluding hydrogens is 560 g/mol. The van der Waals surface area contributed by atoms with E-state index in [2.05, 4.69) is 0 Å². The smallest absolute Gasteiger partial charge is 0.190 e. The van der Waals surface area contributed by atoms with E-state index in [-0.39, 0.29) is 41.8 Å². The fourth-order valence-electron chi connectivity index (χ4n) is 9.14. The van der Waals surface area contributed by atoms with Crippen molar-refractivity contribution in [3.63, 3.8) is 0 Å². The molecule has 2 N–H and O–H groups in total. The Hall–Kier alpha value is -3.52. The average Bonchev–Trinajstić information content (AvgIpc) is 3.36. The number of hydrogen-bond donors (Lipinski definition) is 2. The van der Waals surface area contributed by atoms with E-state index < -0.39 is 69.0 Å². The Labute approximate surface area is 258 Å². The third kappa shape index (κ3) is 4.20. The zero-order valence-corrected chi connectivity index (χ0v) is 26.7. The van der Waals surface area contributed by atoms with Crippen LogP contribution in [0.25, 0.3) is 0 Å². The molecule has 44 heavy (non-hydrogen) atoms. The van der Waals surface area contributed by atoms with Crippen molar-refractivity contribution in [3.05, 3.63) is 52.1 Å². The van der Waals surface area contributed by atoms with Gasteiger partial charge in [0.25, 0.3) is 0 Å². The van der Waals surface area contributed by atoms with E-state index >= 15 is 0 Å². The van der Waals surface area contributed by atoms with Gasteiger partial charge in [-0.05, 0) is 67.1 Å². The first-order chi connectivity index (χ1) is 20.3. The summed E-state index contributed by atoms with van der Waals surface area (Å²) in [6, 6.07) is 1.90. The number of hydrogen-bond acceptors (Lipinski definition) is 8. The van der Waals surface area contributed by atoms with E-state index in [0.29, 0.717) is 23.1 Å². The van der Waals surface area contributed by atoms with Gasteiger partial charge in [-0.15, -0.1) is 0 Å². The van der Waals surface area contributed by atoms with Gasteiger partial charge in [0.1, 0.15) is 17.5 Å². The van der Waals surface area contributed by atoms with Crippen LogP contribution in [0, 0.1) is 40.4 Å². The number of phenolic OH excluding ortho intramolecular Hbond substituents is 1. The van der Waals surface area contributed by atoms with Gasteiger partial charge in [-0.1, -0.05) is 65.8 Å². The van der Waals surface area contributed by atoms with E-state index in [9.17, 15) is 39.0 Å². The van der Waals surface area contributed by atoms with Crippen LogP contribution in [0.15, 0.2) is 29.9 Å². The lowest BCUT2D eigenvalue weighted by Crippen LogP contribution is -2.76. The summed E-state index contributed by atoms with van der Waals surface area (Å²) in [6.07, 6.45) is 6.01. The van der Waals surface area contributed by atoms with Crippen LogP contribution in [0.1, 0.15) is 94.8 Å². The van der Waals surface area contributed by atoms with Gasteiger partial charge in [-0.2, -0.15) is 0 Å². The molecule has 0 aromatic heterocycles. The number of benzene rings is 1. The molecule has 1 aromatic carbocycles. The fourth-order valence-corrected chi connectivity index (χ4v) is 9.14. The predicted molar refractivity (Wildman–Crippen MR) is 162 cm³/mol. The number of ketones is 6. The van der Waals surface area contributed by atoms with Crippen LogP contribution >= 0.6 is 0 Å². The van der Waals surface area contributed by atoms with Crippen molar-refractivity contribution in [3.8, 4) is 5.75 Å². The Morgan fingerprint density at radius 3 is 2.18 bits per heavy atom. The highest BCUT2D eigenvalue weighted by molar-refractivity contribution is 6.32. The number of rotatable bonds is 6. The van der Waals surface area contributed by atoms with Gasteiger partial charge >= 0.3 is 0 Å². The van der Waals surface area contributed by atoms with E-state index in [1.54, 1.807) is 33.8 Å². The number of Topliss-reactive ketones (excluding diaryl/α,β-unsaturated/α-hetero) is 6. The Morgan fingerprint density at radius 1 is 1.02 bits per heavy atom. The lowest BCUT2D eigenvalue weighted by Gasteiger charge is -2.62. The molecule has 5 rings (SSSR count). The number of carbonyl (C=O) groups excluding carboxylic acids is 6. The SMILES string of the molecule is CC(=O)C1=CC(Cc2cc(C(C)C)c3c(c2O)C(=O)C2C(=O)[C@@]4(O)C(=O)C(C(C)=O)C(=O)C(C(C)C)[C@@]4(C)C[C@@]2(C)C3)C=C1. The van der Waals surface area contributed by atoms with Crippen LogP contribution in [0.4, 0.5) is 0 Å². The van der Waals surface area contributed by atoms with E-state index in [1.165, 1.54) is 6.92 Å². The van der Waals surface area contributed by atoms with Crippen molar-refractivity contribution in [1.29, 1.82) is 0 Å². The molecule has 7 atom stereocenters. The van der Waals surface area contributed by atoms with E-state index in [4.69, 9.17) is 0 Å². The lowest BCUT2D eigenvalue weighted by atomic mass is 9.39. The second kappa shape index (κ2) is 10.3. The van der Waals surface area contributed by atoms with Gasteiger partial charge in [0.2, 0.25) is 0 Å². The number of aromatic hydroxyl groups is 1. The number of fused-ring (bicyclic) bond motifs is 3. The largest absolute Gasteiger partial charge is 0.507 e. The normalized spacial score (nSPS) is 34.7. The summed E-state index contributed by atoms with van der Waals surface area (Å²) in [6.45, 7) is 13.5. The second-order valence-corrected chi connectivity index (χ2v) is 14.7. The van der Waals surface area contributed by atoms with Crippen LogP contribution in [0.3, 0.4) is 0 Å². The second-order valence-electron chi connectivity index (χ2n) is 14.7. The number of allylic oxidation sites excluding steroid dienone is 4. The van der Waals surface area contributed by atoms with Gasteiger partial charge in [0.15, 0.2) is 34.5 Å². The van der Waals surface area contributed by atoms with E-state index in [1.807, 2.05) is 32.1 Å². The zero-order valence-electron chi connectivity index (χ0n) is 26.7. The molecular formula is C36H42O8. The summed E-state index contributed by atoms with van der Waals surface area (Å²) in [5.74, 6) is -9.26. The highest BCUT2D eigenvalue weighted by atomic mass is 16.3. The highest BCUT2D eigenvalue weighted by Gasteiger charge is 2.76. The van der Waals surface area contributed by atoms with E-state index in [0.717, 1.165) is 12.5 Å². The van der Waals surface area contributed by atoms with Crippen LogP contribution in [0.2, 0.25) is 0 Å². The van der Waals surface area contributed by atoms with Crippen molar-refractivity contribution in [2.75, 3.05) is 0 Å². The first kappa shape index (κ1) is 31.9. The molecule has 4 aliphatic rings. The fraction of sp³-hybridized carbons (Fsp3) is 0.556. The Bertz CT molecular complexity index is 1610. The summed E-state index contributed by atoms with van der Waals surface area (Å²) in [7, 11) is 0. The Morgan fingerprint density at radius 2 is 1.66 bits per heavy atom. The van der Waals surface area contributed by atoms with Crippen molar-refractivity contribution in [2.45, 2.75) is 86.2 Å². The van der Waals surface area contributed by atoms with Crippen LogP contribution < -0.4 is 0 Å². The van der Waals surface area contributed by atoms with Gasteiger partial charge in [0, 0.05) is 22.8 Å². The van der Waals surface area contributed by atoms with Crippen molar-refractivity contribution >= 4 is 34.7 Å². The Balaban J connectivity index is 1.69. The molecule has 8 nitrogen and oxygen atoms in total. The molecule has 4 aliphatic carbocycles. The molecule has 1 aromatic rings. The maximum atomic E-state index is 14.5. The maximum absolute atomic E-state index is 14.5. The average molecular weight is 603 g/mol. The standard InChI is InChI=1S/C36H42O8/c1-16(2)23-13-22(12-20-9-10-21(11-20)18(5)37)29(39)26-24(23)14-34(7)15-35(8)27(17(3)4)30(40)25(19(6)38)32(42)36(35,44)33(43)28(34)31(26)41/h9-11,13,16-17,20,25,27-28,39,44H,12,14-15H2,1-8H3/t20?,25?,27?,28?,34-,35-,36+/m1/s1. The predicted octanol–water partition coefficient (Wildman–Crippen LogP) is 4.46. The van der Waals surface area contributed by atoms with Crippen molar-refractivity contribution in [1.82, 2.24) is 0 Å². The van der Waals surface area contributed by atoms with Crippen LogP contribution in [-0.2, 0) is 36.8 Å². The third-order valence-corrected chi connectivity index (χ3v) is 10.9. The maximum Gasteiger partial charge on any atom is 0.190 e. The minimum absolute atomic E-state index is 0.0224. The molecule has 0 bridgehead atoms. The molecule has 2 fully saturated rings. The highest BCUT2D eigenvalue weighted by Crippen LogP contribution is 2.64. The van der Waals surface area contributed by atoms with Gasteiger partial charge in [-0.3, -0.25) is 28.8 Å². The minimum Gasteiger partial charge on any atom is -0.507 e. The lowest BCUT2D eigenvalue weighted by molar-refractivity contribution is -0.205. The topological polar surface area (TPSA) is 143 Å². The van der Waals surface area contributed by atoms with Crippen molar-refractivity contribution < 1.29 is 39.0 Å². The molecule has 4 unspecified atom stereocenters. The molecule has 0 saturated heterocycles. The third-order valence-electron chi connectivity index (χ3n) is 10.9. The summed E-state index contributed by atoms with van der Waals surface area (Å²) in [5, 5.41) is 23.8. The molecule has 0 radical (unpaired) electrons. The summed E-state index contributed by atoms with van der Waals surface area (Å²) < 4.78 is 0. The zero-order chi connectivity index (χ0) is 32.8. The molecule has 0 amide bonds. The number of phenols is 1. The quantitative estimate of drug-likeness (QED) is 0.455. The number of aliphatic hydroxyl groups is 1. The molecule has 0 aliphatic heterocycles. The van der Waals surface area contributed by atoms with Gasteiger partial charge < -0.3 is 10.2 Å². The first-order valence-electron chi connectivity index (χ1n) is 15.5. The first-order valence-corrected chi connectivity index (χ1v) is 15.5. The Kier molecular flexibility index (Phi) is 7.44. The molecule has 0 heterocycles. The summed E-state index contributed by atoms with van der Waals surface area (Å²) in [4.78, 5) is 81.1. The molecule has 2 saturated carbocycles.